The van der Waals surface area contributed by atoms with E-state index in [1.807, 2.05) is 0 Å². The molecule has 0 aliphatic heterocycles. The summed E-state index contributed by atoms with van der Waals surface area (Å²) in [6, 6.07) is 23.9. The maximum atomic E-state index is 2.40. The number of anilines is 1. The van der Waals surface area contributed by atoms with E-state index in [1.165, 1.54) is 36.8 Å². The van der Waals surface area contributed by atoms with Gasteiger partial charge in [0.15, 0.2) is 0 Å². The van der Waals surface area contributed by atoms with Crippen molar-refractivity contribution in [3.63, 3.8) is 0 Å². The molecule has 114 valence electrons. The van der Waals surface area contributed by atoms with Gasteiger partial charge in [-0.25, -0.2) is 0 Å². The lowest BCUT2D eigenvalue weighted by molar-refractivity contribution is 1.11. The van der Waals surface area contributed by atoms with Gasteiger partial charge in [-0.15, -0.1) is 0 Å². The molecule has 0 spiro atoms. The van der Waals surface area contributed by atoms with Crippen LogP contribution in [-0.4, -0.2) is 18.7 Å². The van der Waals surface area contributed by atoms with Crippen LogP contribution in [0.5, 0.6) is 0 Å². The van der Waals surface area contributed by atoms with Gasteiger partial charge in [0.1, 0.15) is 0 Å². The SMILES string of the molecule is CN(C)c1cc(I)cc(-n2c3ccccc3c3ccccc32)c1. The monoisotopic (exact) mass is 412 g/mol. The van der Waals surface area contributed by atoms with Gasteiger partial charge in [-0.3, -0.25) is 0 Å². The van der Waals surface area contributed by atoms with Gasteiger partial charge < -0.3 is 9.47 Å². The molecule has 0 N–H and O–H groups in total. The zero-order chi connectivity index (χ0) is 16.0. The Morgan fingerprint density at radius 3 is 1.91 bits per heavy atom. The lowest BCUT2D eigenvalue weighted by Crippen LogP contribution is -2.09. The van der Waals surface area contributed by atoms with Crippen LogP contribution in [-0.2, 0) is 0 Å². The predicted octanol–water partition coefficient (Wildman–Crippen LogP) is 5.45. The van der Waals surface area contributed by atoms with Crippen LogP contribution in [0.1, 0.15) is 0 Å². The van der Waals surface area contributed by atoms with Crippen molar-refractivity contribution >= 4 is 50.1 Å². The Morgan fingerprint density at radius 2 is 1.35 bits per heavy atom. The van der Waals surface area contributed by atoms with E-state index in [2.05, 4.69) is 113 Å². The third kappa shape index (κ3) is 2.39. The minimum atomic E-state index is 1.21. The van der Waals surface area contributed by atoms with Gasteiger partial charge >= 0.3 is 0 Å². The van der Waals surface area contributed by atoms with Crippen molar-refractivity contribution in [2.75, 3.05) is 19.0 Å². The first-order valence-corrected chi connectivity index (χ1v) is 8.69. The third-order valence-electron chi connectivity index (χ3n) is 4.22. The molecule has 0 fully saturated rings. The van der Waals surface area contributed by atoms with Gasteiger partial charge in [0, 0.05) is 39.8 Å². The summed E-state index contributed by atoms with van der Waals surface area (Å²) in [5.74, 6) is 0. The number of fused-ring (bicyclic) bond motifs is 3. The number of halogens is 1. The molecule has 3 heteroatoms. The molecule has 0 saturated heterocycles. The second-order valence-corrected chi connectivity index (χ2v) is 7.18. The quantitative estimate of drug-likeness (QED) is 0.398. The van der Waals surface area contributed by atoms with E-state index in [0.717, 1.165) is 0 Å². The van der Waals surface area contributed by atoms with Crippen LogP contribution in [0.15, 0.2) is 66.7 Å². The molecule has 1 aromatic heterocycles. The molecule has 23 heavy (non-hydrogen) atoms. The predicted molar refractivity (Wildman–Crippen MR) is 108 cm³/mol. The van der Waals surface area contributed by atoms with E-state index in [4.69, 9.17) is 0 Å². The van der Waals surface area contributed by atoms with Crippen molar-refractivity contribution in [1.82, 2.24) is 4.57 Å². The smallest absolute Gasteiger partial charge is 0.0541 e. The summed E-state index contributed by atoms with van der Waals surface area (Å²) in [7, 11) is 4.17. The zero-order valence-corrected chi connectivity index (χ0v) is 15.3. The van der Waals surface area contributed by atoms with Crippen LogP contribution in [0.4, 0.5) is 5.69 Å². The molecule has 0 aliphatic rings. The maximum absolute atomic E-state index is 2.40. The number of para-hydroxylation sites is 2. The highest BCUT2D eigenvalue weighted by molar-refractivity contribution is 14.1. The minimum Gasteiger partial charge on any atom is -0.378 e. The fourth-order valence-electron chi connectivity index (χ4n) is 3.15. The molecular weight excluding hydrogens is 395 g/mol. The van der Waals surface area contributed by atoms with Gasteiger partial charge in [-0.2, -0.15) is 0 Å². The van der Waals surface area contributed by atoms with Gasteiger partial charge in [-0.1, -0.05) is 36.4 Å². The van der Waals surface area contributed by atoms with Crippen LogP contribution in [0.3, 0.4) is 0 Å². The highest BCUT2D eigenvalue weighted by Gasteiger charge is 2.12. The average Bonchev–Trinajstić information content (AvgIpc) is 2.89. The summed E-state index contributed by atoms with van der Waals surface area (Å²) in [6.45, 7) is 0. The van der Waals surface area contributed by atoms with E-state index in [9.17, 15) is 0 Å². The summed E-state index contributed by atoms with van der Waals surface area (Å²) in [5.41, 5.74) is 4.92. The van der Waals surface area contributed by atoms with E-state index < -0.39 is 0 Å². The van der Waals surface area contributed by atoms with E-state index >= 15 is 0 Å². The Hall–Kier alpha value is -2.01. The minimum absolute atomic E-state index is 1.21. The highest BCUT2D eigenvalue weighted by Crippen LogP contribution is 2.33. The van der Waals surface area contributed by atoms with Crippen LogP contribution in [0.25, 0.3) is 27.5 Å². The normalized spacial score (nSPS) is 11.3. The Balaban J connectivity index is 2.12. The first-order valence-electron chi connectivity index (χ1n) is 7.61. The lowest BCUT2D eigenvalue weighted by atomic mass is 10.2. The Morgan fingerprint density at radius 1 is 0.783 bits per heavy atom. The second-order valence-electron chi connectivity index (χ2n) is 5.93. The maximum Gasteiger partial charge on any atom is 0.0541 e. The average molecular weight is 412 g/mol. The number of rotatable bonds is 2. The standard InChI is InChI=1S/C20H17IN2/c1-22(2)15-11-14(21)12-16(13-15)23-19-9-5-3-7-17(19)18-8-4-6-10-20(18)23/h3-13H,1-2H3. The van der Waals surface area contributed by atoms with Gasteiger partial charge in [-0.05, 0) is 52.9 Å². The molecule has 0 saturated carbocycles. The summed E-state index contributed by atoms with van der Waals surface area (Å²) in [5, 5.41) is 2.60. The molecule has 3 aromatic carbocycles. The summed E-state index contributed by atoms with van der Waals surface area (Å²) >= 11 is 2.40. The first-order chi connectivity index (χ1) is 11.1. The molecule has 4 rings (SSSR count). The molecule has 1 heterocycles. The molecular formula is C20H17IN2. The Labute approximate surface area is 149 Å². The van der Waals surface area contributed by atoms with E-state index in [-0.39, 0.29) is 0 Å². The van der Waals surface area contributed by atoms with Gasteiger partial charge in [0.05, 0.1) is 11.0 Å². The van der Waals surface area contributed by atoms with Crippen molar-refractivity contribution in [1.29, 1.82) is 0 Å². The first kappa shape index (κ1) is 14.6. The van der Waals surface area contributed by atoms with Crippen molar-refractivity contribution in [3.05, 3.63) is 70.3 Å². The molecule has 0 unspecified atom stereocenters. The zero-order valence-electron chi connectivity index (χ0n) is 13.1. The lowest BCUT2D eigenvalue weighted by Gasteiger charge is -2.16. The molecule has 4 aromatic rings. The number of hydrogen-bond acceptors (Lipinski definition) is 1. The Bertz CT molecular complexity index is 961. The molecule has 2 nitrogen and oxygen atoms in total. The van der Waals surface area contributed by atoms with Crippen LogP contribution < -0.4 is 4.90 Å². The molecule has 0 aliphatic carbocycles. The van der Waals surface area contributed by atoms with Gasteiger partial charge in [0.2, 0.25) is 0 Å². The topological polar surface area (TPSA) is 8.17 Å². The van der Waals surface area contributed by atoms with Crippen molar-refractivity contribution in [2.24, 2.45) is 0 Å². The highest BCUT2D eigenvalue weighted by atomic mass is 127. The molecule has 0 atom stereocenters. The van der Waals surface area contributed by atoms with Crippen LogP contribution in [0, 0.1) is 3.57 Å². The molecule has 0 amide bonds. The number of benzene rings is 3. The van der Waals surface area contributed by atoms with Crippen molar-refractivity contribution < 1.29 is 0 Å². The molecule has 0 radical (unpaired) electrons. The summed E-state index contributed by atoms with van der Waals surface area (Å²) in [4.78, 5) is 2.15. The fraction of sp³-hybridized carbons (Fsp3) is 0.100. The van der Waals surface area contributed by atoms with Crippen molar-refractivity contribution in [2.45, 2.75) is 0 Å². The van der Waals surface area contributed by atoms with Gasteiger partial charge in [0.25, 0.3) is 0 Å². The van der Waals surface area contributed by atoms with Crippen LogP contribution in [0.2, 0.25) is 0 Å². The Kier molecular flexibility index (Phi) is 3.53. The van der Waals surface area contributed by atoms with E-state index in [0.29, 0.717) is 0 Å². The largest absolute Gasteiger partial charge is 0.378 e. The number of hydrogen-bond donors (Lipinski definition) is 0. The van der Waals surface area contributed by atoms with Crippen LogP contribution >= 0.6 is 22.6 Å². The van der Waals surface area contributed by atoms with E-state index in [1.54, 1.807) is 0 Å². The second kappa shape index (κ2) is 5.57. The van der Waals surface area contributed by atoms with Crippen molar-refractivity contribution in [3.8, 4) is 5.69 Å². The summed E-state index contributed by atoms with van der Waals surface area (Å²) < 4.78 is 3.60. The number of aromatic nitrogens is 1. The fourth-order valence-corrected chi connectivity index (χ4v) is 3.79. The summed E-state index contributed by atoms with van der Waals surface area (Å²) in [6.07, 6.45) is 0. The molecule has 0 bridgehead atoms. The number of nitrogens with zero attached hydrogens (tertiary/aromatic N) is 2. The third-order valence-corrected chi connectivity index (χ3v) is 4.84.